The van der Waals surface area contributed by atoms with E-state index in [1.807, 2.05) is 24.3 Å². The third-order valence-corrected chi connectivity index (χ3v) is 6.59. The standard InChI is InChI=1S/C27H35N3O2/c1-27(2,3)12-16-29-13-9-21(10-14-29)24-17-23-11-15-30(25(23)28-18-24)19-20-5-7-22(8-6-20)26(31)32-4/h5-8,11,15,17-18,21H,9-10,12-14,16,19H2,1-4H3. The third kappa shape index (κ3) is 5.39. The van der Waals surface area contributed by atoms with Gasteiger partial charge in [-0.1, -0.05) is 32.9 Å². The van der Waals surface area contributed by atoms with E-state index >= 15 is 0 Å². The number of rotatable bonds is 6. The van der Waals surface area contributed by atoms with E-state index in [-0.39, 0.29) is 5.97 Å². The van der Waals surface area contributed by atoms with Gasteiger partial charge in [-0.15, -0.1) is 0 Å². The van der Waals surface area contributed by atoms with Gasteiger partial charge in [-0.25, -0.2) is 9.78 Å². The molecule has 1 aliphatic heterocycles. The first-order valence-corrected chi connectivity index (χ1v) is 11.7. The zero-order valence-electron chi connectivity index (χ0n) is 19.8. The lowest BCUT2D eigenvalue weighted by atomic mass is 9.88. The number of ether oxygens (including phenoxy) is 1. The van der Waals surface area contributed by atoms with Crippen LogP contribution in [0.25, 0.3) is 11.0 Å². The van der Waals surface area contributed by atoms with E-state index in [0.717, 1.165) is 17.8 Å². The van der Waals surface area contributed by atoms with Crippen LogP contribution in [0.2, 0.25) is 0 Å². The molecule has 0 unspecified atom stereocenters. The predicted octanol–water partition coefficient (Wildman–Crippen LogP) is 5.49. The van der Waals surface area contributed by atoms with Gasteiger partial charge >= 0.3 is 5.97 Å². The summed E-state index contributed by atoms with van der Waals surface area (Å²) in [5.41, 5.74) is 4.48. The molecule has 1 fully saturated rings. The van der Waals surface area contributed by atoms with E-state index in [1.165, 1.54) is 57.0 Å². The molecule has 0 amide bonds. The molecule has 0 bridgehead atoms. The Kier molecular flexibility index (Phi) is 6.66. The van der Waals surface area contributed by atoms with Crippen LogP contribution in [0.3, 0.4) is 0 Å². The number of hydrogen-bond donors (Lipinski definition) is 0. The van der Waals surface area contributed by atoms with Gasteiger partial charge in [0, 0.05) is 24.3 Å². The molecule has 1 aliphatic rings. The third-order valence-electron chi connectivity index (χ3n) is 6.59. The Balaban J connectivity index is 1.39. The van der Waals surface area contributed by atoms with Crippen molar-refractivity contribution in [2.24, 2.45) is 5.41 Å². The quantitative estimate of drug-likeness (QED) is 0.483. The molecule has 0 radical (unpaired) electrons. The monoisotopic (exact) mass is 433 g/mol. The van der Waals surface area contributed by atoms with Crippen LogP contribution >= 0.6 is 0 Å². The van der Waals surface area contributed by atoms with Crippen LogP contribution in [0.1, 0.15) is 67.4 Å². The maximum atomic E-state index is 11.6. The molecule has 5 nitrogen and oxygen atoms in total. The van der Waals surface area contributed by atoms with E-state index in [1.54, 1.807) is 0 Å². The molecule has 3 heterocycles. The number of piperidine rings is 1. The number of nitrogens with zero attached hydrogens (tertiary/aromatic N) is 3. The lowest BCUT2D eigenvalue weighted by Gasteiger charge is -2.33. The number of hydrogen-bond acceptors (Lipinski definition) is 4. The van der Waals surface area contributed by atoms with E-state index in [2.05, 4.69) is 54.8 Å². The summed E-state index contributed by atoms with van der Waals surface area (Å²) in [7, 11) is 1.40. The zero-order valence-corrected chi connectivity index (χ0v) is 19.8. The molecule has 0 N–H and O–H groups in total. The second-order valence-corrected chi connectivity index (χ2v) is 10.2. The average molecular weight is 434 g/mol. The van der Waals surface area contributed by atoms with Gasteiger partial charge in [0.15, 0.2) is 0 Å². The van der Waals surface area contributed by atoms with E-state index in [0.29, 0.717) is 16.9 Å². The number of methoxy groups -OCH3 is 1. The first kappa shape index (κ1) is 22.5. The Labute approximate surface area is 191 Å². The van der Waals surface area contributed by atoms with Crippen LogP contribution in [0.4, 0.5) is 0 Å². The molecule has 1 saturated heterocycles. The van der Waals surface area contributed by atoms with Crippen molar-refractivity contribution >= 4 is 17.0 Å². The van der Waals surface area contributed by atoms with Gasteiger partial charge < -0.3 is 14.2 Å². The summed E-state index contributed by atoms with van der Waals surface area (Å²) in [6, 6.07) is 12.1. The summed E-state index contributed by atoms with van der Waals surface area (Å²) < 4.78 is 6.94. The first-order chi connectivity index (χ1) is 15.3. The fraction of sp³-hybridized carbons (Fsp3) is 0.481. The second-order valence-electron chi connectivity index (χ2n) is 10.2. The number of likely N-dealkylation sites (tertiary alicyclic amines) is 1. The van der Waals surface area contributed by atoms with Crippen molar-refractivity contribution in [3.05, 3.63) is 65.5 Å². The maximum Gasteiger partial charge on any atom is 0.337 e. The van der Waals surface area contributed by atoms with Gasteiger partial charge in [0.2, 0.25) is 0 Å². The highest BCUT2D eigenvalue weighted by Crippen LogP contribution is 2.30. The minimum Gasteiger partial charge on any atom is -0.465 e. The van der Waals surface area contributed by atoms with Gasteiger partial charge in [0.05, 0.1) is 12.7 Å². The van der Waals surface area contributed by atoms with Crippen molar-refractivity contribution in [1.82, 2.24) is 14.5 Å². The molecular weight excluding hydrogens is 398 g/mol. The average Bonchev–Trinajstić information content (AvgIpc) is 3.19. The number of aromatic nitrogens is 2. The van der Waals surface area contributed by atoms with Gasteiger partial charge in [0.25, 0.3) is 0 Å². The topological polar surface area (TPSA) is 47.4 Å². The summed E-state index contributed by atoms with van der Waals surface area (Å²) in [6.07, 6.45) is 7.86. The Morgan fingerprint density at radius 1 is 1.12 bits per heavy atom. The molecule has 170 valence electrons. The summed E-state index contributed by atoms with van der Waals surface area (Å²) >= 11 is 0. The number of esters is 1. The normalized spacial score (nSPS) is 15.9. The lowest BCUT2D eigenvalue weighted by molar-refractivity contribution is 0.0600. The van der Waals surface area contributed by atoms with E-state index in [9.17, 15) is 4.79 Å². The predicted molar refractivity (Wildman–Crippen MR) is 129 cm³/mol. The molecule has 2 aromatic heterocycles. The zero-order chi connectivity index (χ0) is 22.7. The molecule has 0 atom stereocenters. The molecular formula is C27H35N3O2. The van der Waals surface area contributed by atoms with Crippen LogP contribution in [0.15, 0.2) is 48.8 Å². The van der Waals surface area contributed by atoms with Crippen molar-refractivity contribution in [3.8, 4) is 0 Å². The summed E-state index contributed by atoms with van der Waals surface area (Å²) in [5, 5.41) is 1.20. The van der Waals surface area contributed by atoms with Crippen molar-refractivity contribution in [2.75, 3.05) is 26.7 Å². The second kappa shape index (κ2) is 9.45. The minimum atomic E-state index is -0.308. The van der Waals surface area contributed by atoms with Gasteiger partial charge in [-0.05, 0) is 85.6 Å². The maximum absolute atomic E-state index is 11.6. The number of pyridine rings is 1. The molecule has 32 heavy (non-hydrogen) atoms. The Morgan fingerprint density at radius 3 is 2.50 bits per heavy atom. The molecule has 0 spiro atoms. The number of fused-ring (bicyclic) bond motifs is 1. The van der Waals surface area contributed by atoms with Crippen molar-refractivity contribution in [1.29, 1.82) is 0 Å². The highest BCUT2D eigenvalue weighted by molar-refractivity contribution is 5.89. The lowest BCUT2D eigenvalue weighted by Crippen LogP contribution is -2.35. The summed E-state index contributed by atoms with van der Waals surface area (Å²) in [6.45, 7) is 11.3. The Hall–Kier alpha value is -2.66. The fourth-order valence-electron chi connectivity index (χ4n) is 4.49. The first-order valence-electron chi connectivity index (χ1n) is 11.7. The Bertz CT molecular complexity index is 1050. The smallest absolute Gasteiger partial charge is 0.337 e. The van der Waals surface area contributed by atoms with Gasteiger partial charge in [0.1, 0.15) is 5.65 Å². The minimum absolute atomic E-state index is 0.308. The number of carbonyl (C=O) groups excluding carboxylic acids is 1. The van der Waals surface area contributed by atoms with Crippen LogP contribution in [-0.2, 0) is 11.3 Å². The SMILES string of the molecule is COC(=O)c1ccc(Cn2ccc3cc(C4CCN(CCC(C)(C)C)CC4)cnc32)cc1. The van der Waals surface area contributed by atoms with Crippen molar-refractivity contribution in [3.63, 3.8) is 0 Å². The Morgan fingerprint density at radius 2 is 1.84 bits per heavy atom. The van der Waals surface area contributed by atoms with Crippen LogP contribution in [0.5, 0.6) is 0 Å². The molecule has 3 aromatic rings. The van der Waals surface area contributed by atoms with Crippen LogP contribution < -0.4 is 0 Å². The van der Waals surface area contributed by atoms with Crippen molar-refractivity contribution in [2.45, 2.75) is 52.5 Å². The fourth-order valence-corrected chi connectivity index (χ4v) is 4.49. The molecule has 5 heteroatoms. The number of benzene rings is 1. The molecule has 4 rings (SSSR count). The van der Waals surface area contributed by atoms with Crippen LogP contribution in [-0.4, -0.2) is 47.2 Å². The largest absolute Gasteiger partial charge is 0.465 e. The highest BCUT2D eigenvalue weighted by Gasteiger charge is 2.22. The number of carbonyl (C=O) groups is 1. The van der Waals surface area contributed by atoms with Crippen molar-refractivity contribution < 1.29 is 9.53 Å². The molecule has 0 aliphatic carbocycles. The molecule has 0 saturated carbocycles. The van der Waals surface area contributed by atoms with E-state index < -0.39 is 0 Å². The van der Waals surface area contributed by atoms with Crippen LogP contribution in [0, 0.1) is 5.41 Å². The van der Waals surface area contributed by atoms with E-state index in [4.69, 9.17) is 9.72 Å². The van der Waals surface area contributed by atoms with Gasteiger partial charge in [-0.2, -0.15) is 0 Å². The molecule has 1 aromatic carbocycles. The summed E-state index contributed by atoms with van der Waals surface area (Å²) in [4.78, 5) is 19.1. The van der Waals surface area contributed by atoms with Gasteiger partial charge in [-0.3, -0.25) is 0 Å². The highest BCUT2D eigenvalue weighted by atomic mass is 16.5. The summed E-state index contributed by atoms with van der Waals surface area (Å²) in [5.74, 6) is 0.296.